The minimum Gasteiger partial charge on any atom is -0.352 e. The van der Waals surface area contributed by atoms with Crippen molar-refractivity contribution in [1.82, 2.24) is 5.32 Å². The van der Waals surface area contributed by atoms with Crippen LogP contribution in [-0.4, -0.2) is 17.3 Å². The van der Waals surface area contributed by atoms with Crippen LogP contribution < -0.4 is 5.32 Å². The lowest BCUT2D eigenvalue weighted by atomic mass is 9.89. The second-order valence-electron chi connectivity index (χ2n) is 5.23. The maximum absolute atomic E-state index is 12.1. The van der Waals surface area contributed by atoms with Crippen LogP contribution in [0.15, 0.2) is 22.7 Å². The number of nitrogens with one attached hydrogen (secondary N) is 1. The highest BCUT2D eigenvalue weighted by Gasteiger charge is 2.23. The molecule has 4 heteroatoms. The molecule has 0 heterocycles. The number of carbonyl (C=O) groups is 1. The molecule has 2 atom stereocenters. The van der Waals surface area contributed by atoms with Crippen molar-refractivity contribution < 1.29 is 4.79 Å². The fourth-order valence-corrected chi connectivity index (χ4v) is 3.53. The predicted molar refractivity (Wildman–Crippen MR) is 85.9 cm³/mol. The van der Waals surface area contributed by atoms with Crippen molar-refractivity contribution in [3.05, 3.63) is 33.8 Å². The molecule has 0 bridgehead atoms. The van der Waals surface area contributed by atoms with Crippen LogP contribution in [-0.2, 0) is 0 Å². The Hall–Kier alpha value is -0.350. The highest BCUT2D eigenvalue weighted by molar-refractivity contribution is 9.10. The van der Waals surface area contributed by atoms with Crippen LogP contribution in [0.25, 0.3) is 0 Å². The first kappa shape index (κ1) is 15.0. The Bertz CT molecular complexity index is 461. The van der Waals surface area contributed by atoms with Crippen LogP contribution in [0.4, 0.5) is 0 Å². The number of benzene rings is 1. The van der Waals surface area contributed by atoms with Crippen molar-refractivity contribution in [1.29, 1.82) is 0 Å². The Labute approximate surface area is 131 Å². The zero-order valence-electron chi connectivity index (χ0n) is 11.1. The van der Waals surface area contributed by atoms with Gasteiger partial charge in [-0.05, 0) is 49.4 Å². The second kappa shape index (κ2) is 6.89. The number of aryl methyl sites for hydroxylation is 1. The summed E-state index contributed by atoms with van der Waals surface area (Å²) in [6.07, 6.45) is 5.00. The van der Waals surface area contributed by atoms with Gasteiger partial charge in [0.05, 0.1) is 0 Å². The molecule has 1 amide bonds. The molecule has 1 aliphatic carbocycles. The van der Waals surface area contributed by atoms with Gasteiger partial charge in [-0.25, -0.2) is 0 Å². The summed E-state index contributed by atoms with van der Waals surface area (Å²) in [5.74, 6) is 0.593. The predicted octanol–water partition coefficient (Wildman–Crippen LogP) is 4.44. The first-order valence-corrected chi connectivity index (χ1v) is 8.47. The van der Waals surface area contributed by atoms with Gasteiger partial charge in [-0.2, -0.15) is 0 Å². The molecule has 2 rings (SSSR count). The molecular formula is C15H19Br2NO. The first-order chi connectivity index (χ1) is 9.08. The first-order valence-electron chi connectivity index (χ1n) is 6.76. The zero-order chi connectivity index (χ0) is 13.8. The van der Waals surface area contributed by atoms with E-state index in [2.05, 4.69) is 37.2 Å². The van der Waals surface area contributed by atoms with Crippen LogP contribution in [0.3, 0.4) is 0 Å². The van der Waals surface area contributed by atoms with E-state index >= 15 is 0 Å². The van der Waals surface area contributed by atoms with Crippen LogP contribution >= 0.6 is 31.9 Å². The normalized spacial score (nSPS) is 23.1. The highest BCUT2D eigenvalue weighted by atomic mass is 79.9. The Morgan fingerprint density at radius 3 is 2.79 bits per heavy atom. The third kappa shape index (κ3) is 4.06. The smallest absolute Gasteiger partial charge is 0.251 e. The fraction of sp³-hybridized carbons (Fsp3) is 0.533. The standard InChI is InChI=1S/C15H19Br2NO/c1-10-8-11(6-7-13(10)16)15(19)18-9-12-4-2-3-5-14(12)17/h6-8,12,14H,2-5,9H2,1H3,(H,18,19). The average Bonchev–Trinajstić information content (AvgIpc) is 2.40. The number of alkyl halides is 1. The van der Waals surface area contributed by atoms with Crippen molar-refractivity contribution in [3.63, 3.8) is 0 Å². The molecule has 0 radical (unpaired) electrons. The molecule has 1 N–H and O–H groups in total. The van der Waals surface area contributed by atoms with E-state index < -0.39 is 0 Å². The van der Waals surface area contributed by atoms with Crippen LogP contribution in [0.5, 0.6) is 0 Å². The van der Waals surface area contributed by atoms with Gasteiger partial charge in [0.25, 0.3) is 5.91 Å². The molecule has 2 nitrogen and oxygen atoms in total. The van der Waals surface area contributed by atoms with E-state index in [-0.39, 0.29) is 5.91 Å². The third-order valence-corrected chi connectivity index (χ3v) is 5.86. The van der Waals surface area contributed by atoms with E-state index in [0.29, 0.717) is 10.7 Å². The van der Waals surface area contributed by atoms with E-state index in [1.807, 2.05) is 25.1 Å². The summed E-state index contributed by atoms with van der Waals surface area (Å²) >= 11 is 7.17. The molecule has 0 spiro atoms. The van der Waals surface area contributed by atoms with Gasteiger partial charge in [-0.3, -0.25) is 4.79 Å². The summed E-state index contributed by atoms with van der Waals surface area (Å²) < 4.78 is 1.04. The number of carbonyl (C=O) groups excluding carboxylic acids is 1. The maximum atomic E-state index is 12.1. The highest BCUT2D eigenvalue weighted by Crippen LogP contribution is 2.29. The molecule has 1 aromatic carbocycles. The van der Waals surface area contributed by atoms with Gasteiger partial charge in [-0.1, -0.05) is 44.7 Å². The van der Waals surface area contributed by atoms with Gasteiger partial charge in [0.15, 0.2) is 0 Å². The number of amides is 1. The molecule has 19 heavy (non-hydrogen) atoms. The minimum absolute atomic E-state index is 0.0286. The summed E-state index contributed by atoms with van der Waals surface area (Å²) in [6, 6.07) is 5.71. The summed E-state index contributed by atoms with van der Waals surface area (Å²) in [5, 5.41) is 3.06. The lowest BCUT2D eigenvalue weighted by Gasteiger charge is -2.27. The van der Waals surface area contributed by atoms with Crippen LogP contribution in [0, 0.1) is 12.8 Å². The SMILES string of the molecule is Cc1cc(C(=O)NCC2CCCCC2Br)ccc1Br. The van der Waals surface area contributed by atoms with Crippen LogP contribution in [0.1, 0.15) is 41.6 Å². The summed E-state index contributed by atoms with van der Waals surface area (Å²) in [5.41, 5.74) is 1.83. The van der Waals surface area contributed by atoms with E-state index in [0.717, 1.165) is 22.1 Å². The van der Waals surface area contributed by atoms with E-state index in [4.69, 9.17) is 0 Å². The van der Waals surface area contributed by atoms with Crippen molar-refractivity contribution >= 4 is 37.8 Å². The molecule has 1 fully saturated rings. The topological polar surface area (TPSA) is 29.1 Å². The Kier molecular flexibility index (Phi) is 5.46. The quantitative estimate of drug-likeness (QED) is 0.762. The molecular weight excluding hydrogens is 370 g/mol. The second-order valence-corrected chi connectivity index (χ2v) is 7.27. The number of hydrogen-bond acceptors (Lipinski definition) is 1. The van der Waals surface area contributed by atoms with Gasteiger partial charge < -0.3 is 5.32 Å². The number of halogens is 2. The Morgan fingerprint density at radius 1 is 1.37 bits per heavy atom. The summed E-state index contributed by atoms with van der Waals surface area (Å²) in [4.78, 5) is 12.7. The molecule has 0 saturated heterocycles. The molecule has 1 aromatic rings. The molecule has 1 aliphatic rings. The fourth-order valence-electron chi connectivity index (χ4n) is 2.50. The lowest BCUT2D eigenvalue weighted by Crippen LogP contribution is -2.34. The van der Waals surface area contributed by atoms with Gasteiger partial charge in [0.2, 0.25) is 0 Å². The monoisotopic (exact) mass is 387 g/mol. The van der Waals surface area contributed by atoms with Gasteiger partial charge in [-0.15, -0.1) is 0 Å². The molecule has 0 aliphatic heterocycles. The van der Waals surface area contributed by atoms with Crippen molar-refractivity contribution in [2.24, 2.45) is 5.92 Å². The number of hydrogen-bond donors (Lipinski definition) is 1. The van der Waals surface area contributed by atoms with Gasteiger partial charge in [0.1, 0.15) is 0 Å². The van der Waals surface area contributed by atoms with Crippen molar-refractivity contribution in [2.45, 2.75) is 37.4 Å². The summed E-state index contributed by atoms with van der Waals surface area (Å²) in [6.45, 7) is 2.76. The largest absolute Gasteiger partial charge is 0.352 e. The molecule has 104 valence electrons. The molecule has 0 aromatic heterocycles. The van der Waals surface area contributed by atoms with E-state index in [1.165, 1.54) is 25.7 Å². The van der Waals surface area contributed by atoms with Crippen molar-refractivity contribution in [2.75, 3.05) is 6.54 Å². The molecule has 1 saturated carbocycles. The van der Waals surface area contributed by atoms with E-state index in [1.54, 1.807) is 0 Å². The number of rotatable bonds is 3. The van der Waals surface area contributed by atoms with Gasteiger partial charge >= 0.3 is 0 Å². The van der Waals surface area contributed by atoms with E-state index in [9.17, 15) is 4.79 Å². The summed E-state index contributed by atoms with van der Waals surface area (Å²) in [7, 11) is 0. The average molecular weight is 389 g/mol. The zero-order valence-corrected chi connectivity index (χ0v) is 14.3. The maximum Gasteiger partial charge on any atom is 0.251 e. The minimum atomic E-state index is 0.0286. The third-order valence-electron chi connectivity index (χ3n) is 3.76. The Balaban J connectivity index is 1.91. The Morgan fingerprint density at radius 2 is 2.11 bits per heavy atom. The van der Waals surface area contributed by atoms with Gasteiger partial charge in [0, 0.05) is 21.4 Å². The molecule has 2 unspecified atom stereocenters. The lowest BCUT2D eigenvalue weighted by molar-refractivity contribution is 0.0944. The van der Waals surface area contributed by atoms with Crippen LogP contribution in [0.2, 0.25) is 0 Å². The van der Waals surface area contributed by atoms with Crippen molar-refractivity contribution in [3.8, 4) is 0 Å².